The van der Waals surface area contributed by atoms with E-state index in [1.807, 2.05) is 0 Å². The molecular weight excluding hydrogens is 1360 g/mol. The highest BCUT2D eigenvalue weighted by atomic mass is 31.2. The number of unbranched alkanes of at least 4 members (excludes halogenated alkanes) is 15. The molecule has 0 aromatic heterocycles. The summed E-state index contributed by atoms with van der Waals surface area (Å²) in [6.45, 7) is 2.23. The van der Waals surface area contributed by atoms with E-state index in [0.717, 1.165) is 205 Å². The molecule has 0 aliphatic rings. The van der Waals surface area contributed by atoms with E-state index >= 15 is 0 Å². The molecular formula is C87H138O16P2. The van der Waals surface area contributed by atoms with Gasteiger partial charge in [0.2, 0.25) is 0 Å². The first kappa shape index (κ1) is 99.1. The molecule has 105 heavy (non-hydrogen) atoms. The largest absolute Gasteiger partial charge is 0.472 e. The van der Waals surface area contributed by atoms with Gasteiger partial charge in [0, 0.05) is 19.3 Å². The number of rotatable bonds is 72. The van der Waals surface area contributed by atoms with E-state index < -0.39 is 91.5 Å². The van der Waals surface area contributed by atoms with Crippen LogP contribution < -0.4 is 0 Å². The van der Waals surface area contributed by atoms with Gasteiger partial charge in [-0.1, -0.05) is 285 Å². The van der Waals surface area contributed by atoms with E-state index in [1.54, 1.807) is 0 Å². The summed E-state index contributed by atoms with van der Waals surface area (Å²) in [5.41, 5.74) is 0. The van der Waals surface area contributed by atoms with Crippen LogP contribution in [0.2, 0.25) is 0 Å². The van der Waals surface area contributed by atoms with Gasteiger partial charge in [-0.2, -0.15) is 0 Å². The molecule has 0 heterocycles. The van der Waals surface area contributed by atoms with Crippen molar-refractivity contribution in [1.29, 1.82) is 0 Å². The lowest BCUT2D eigenvalue weighted by Gasteiger charge is -2.21. The molecule has 0 saturated heterocycles. The predicted molar refractivity (Wildman–Crippen MR) is 435 cm³/mol. The Morgan fingerprint density at radius 3 is 0.762 bits per heavy atom. The van der Waals surface area contributed by atoms with Gasteiger partial charge in [0.15, 0.2) is 6.10 Å². The smallest absolute Gasteiger partial charge is 0.463 e. The summed E-state index contributed by atoms with van der Waals surface area (Å²) < 4.78 is 61.1. The third kappa shape index (κ3) is 79.0. The van der Waals surface area contributed by atoms with Gasteiger partial charge < -0.3 is 34.2 Å². The van der Waals surface area contributed by atoms with Gasteiger partial charge in [0.05, 0.1) is 26.4 Å². The van der Waals surface area contributed by atoms with Crippen LogP contribution in [0.4, 0.5) is 0 Å². The van der Waals surface area contributed by atoms with Crippen LogP contribution in [0.25, 0.3) is 0 Å². The highest BCUT2D eigenvalue weighted by molar-refractivity contribution is 7.47. The number of ether oxygens (including phenoxy) is 3. The molecule has 0 aliphatic carbocycles. The molecule has 0 bridgehead atoms. The standard InChI is InChI=1S/C87H138O16P2/c1-4-7-10-13-16-19-22-25-28-31-34-36-38-40-42-44-47-49-52-55-58-61-64-67-70-73-85(90)97-76-82(88)77-99-104(93,94)100-78-83(89)79-101-105(95,96)102-81-84(103-87(92)75-72-69-66-63-60-57-54-51-46-33-30-27-24-21-18-15-12-9-6-3)80-98-86(91)74-71-68-65-62-59-56-53-50-48-45-43-41-39-37-35-32-29-26-23-20-17-14-11-8-5-2/h7-12,16-21,25-30,34-37,40-43,46-51,57,60,82-84,88-89H,4-6,13-15,22-24,31-33,38-39,44-45,52-56,58-59,61-81H2,1-3H3,(H,93,94)(H,95,96)/b10-7-,11-8-,12-9-,19-16-,20-17-,21-18-,28-25-,29-26-,30-27-,36-34-,37-35-,42-40-,43-41-,49-47-,50-48-,51-46-,60-57-. The summed E-state index contributed by atoms with van der Waals surface area (Å²) in [6.07, 6.45) is 103. The number of carbonyl (C=O) groups is 3. The average molecular weight is 1500 g/mol. The third-order valence-corrected chi connectivity index (χ3v) is 17.4. The Bertz CT molecular complexity index is 2740. The molecule has 0 aromatic rings. The minimum atomic E-state index is -4.96. The molecule has 4 N–H and O–H groups in total. The predicted octanol–water partition coefficient (Wildman–Crippen LogP) is 23.3. The summed E-state index contributed by atoms with van der Waals surface area (Å²) in [6, 6.07) is 0. The molecule has 0 rings (SSSR count). The summed E-state index contributed by atoms with van der Waals surface area (Å²) in [5.74, 6) is -1.66. The maximum absolute atomic E-state index is 13.0. The molecule has 0 aliphatic heterocycles. The van der Waals surface area contributed by atoms with Crippen LogP contribution in [0, 0.1) is 0 Å². The van der Waals surface area contributed by atoms with E-state index in [0.29, 0.717) is 19.3 Å². The van der Waals surface area contributed by atoms with Crippen LogP contribution in [-0.4, -0.2) is 95.9 Å². The number of carbonyl (C=O) groups excluding carboxylic acids is 3. The molecule has 5 unspecified atom stereocenters. The highest BCUT2D eigenvalue weighted by Gasteiger charge is 2.29. The Labute approximate surface area is 635 Å². The Morgan fingerprint density at radius 2 is 0.476 bits per heavy atom. The third-order valence-electron chi connectivity index (χ3n) is 15.5. The molecule has 18 heteroatoms. The summed E-state index contributed by atoms with van der Waals surface area (Å²) in [7, 11) is -9.83. The maximum atomic E-state index is 13.0. The fourth-order valence-electron chi connectivity index (χ4n) is 9.60. The fraction of sp³-hybridized carbons (Fsp3) is 0.575. The molecule has 0 aromatic carbocycles. The van der Waals surface area contributed by atoms with Crippen molar-refractivity contribution in [3.63, 3.8) is 0 Å². The number of phosphoric acid groups is 2. The summed E-state index contributed by atoms with van der Waals surface area (Å²) in [4.78, 5) is 58.7. The molecule has 0 radical (unpaired) electrons. The van der Waals surface area contributed by atoms with Gasteiger partial charge in [-0.15, -0.1) is 0 Å². The number of aliphatic hydroxyl groups excluding tert-OH is 2. The Kier molecular flexibility index (Phi) is 73.4. The minimum absolute atomic E-state index is 0.0522. The van der Waals surface area contributed by atoms with Gasteiger partial charge in [-0.25, -0.2) is 9.13 Å². The van der Waals surface area contributed by atoms with E-state index in [9.17, 15) is 43.5 Å². The Balaban J connectivity index is 4.76. The second-order valence-electron chi connectivity index (χ2n) is 25.4. The monoisotopic (exact) mass is 1500 g/mol. The van der Waals surface area contributed by atoms with Crippen LogP contribution in [0.15, 0.2) is 207 Å². The zero-order chi connectivity index (χ0) is 76.6. The maximum Gasteiger partial charge on any atom is 0.472 e. The number of allylic oxidation sites excluding steroid dienone is 34. The topological polar surface area (TPSA) is 231 Å². The molecule has 0 saturated carbocycles. The lowest BCUT2D eigenvalue weighted by molar-refractivity contribution is -0.161. The summed E-state index contributed by atoms with van der Waals surface area (Å²) in [5, 5.41) is 20.6. The lowest BCUT2D eigenvalue weighted by atomic mass is 10.1. The first-order valence-corrected chi connectivity index (χ1v) is 42.4. The van der Waals surface area contributed by atoms with Crippen LogP contribution in [0.5, 0.6) is 0 Å². The van der Waals surface area contributed by atoms with E-state index in [1.165, 1.54) is 0 Å². The van der Waals surface area contributed by atoms with Crippen molar-refractivity contribution in [3.8, 4) is 0 Å². The lowest BCUT2D eigenvalue weighted by Crippen LogP contribution is -2.30. The SMILES string of the molecule is CC/C=C\C/C=C\C/C=C\C/C=C\C/C=C\C/C=C\CCCCCCCCC(=O)OCC(O)COP(=O)(O)OCC(O)COP(=O)(O)OCC(COC(=O)CCCCCCCC/C=C\C/C=C\C/C=C\C/C=C\C/C=C\C/C=C\CC)OC(=O)CCCCC/C=C\C/C=C\C/C=C\C/C=C\C/C=C\CC. The van der Waals surface area contributed by atoms with E-state index in [4.69, 9.17) is 32.3 Å². The minimum Gasteiger partial charge on any atom is -0.463 e. The second-order valence-corrected chi connectivity index (χ2v) is 28.3. The van der Waals surface area contributed by atoms with Gasteiger partial charge in [-0.05, 0) is 167 Å². The van der Waals surface area contributed by atoms with Crippen molar-refractivity contribution in [3.05, 3.63) is 207 Å². The van der Waals surface area contributed by atoms with Crippen LogP contribution in [0.1, 0.15) is 265 Å². The Hall–Kier alpha value is -5.87. The van der Waals surface area contributed by atoms with Crippen molar-refractivity contribution >= 4 is 33.6 Å². The van der Waals surface area contributed by atoms with Gasteiger partial charge in [0.25, 0.3) is 0 Å². The van der Waals surface area contributed by atoms with Crippen molar-refractivity contribution in [2.75, 3.05) is 39.6 Å². The molecule has 16 nitrogen and oxygen atoms in total. The van der Waals surface area contributed by atoms with E-state index in [-0.39, 0.29) is 19.3 Å². The fourth-order valence-corrected chi connectivity index (χ4v) is 11.2. The van der Waals surface area contributed by atoms with Crippen molar-refractivity contribution in [2.45, 2.75) is 283 Å². The zero-order valence-electron chi connectivity index (χ0n) is 64.6. The second kappa shape index (κ2) is 77.7. The number of phosphoric ester groups is 2. The first-order valence-electron chi connectivity index (χ1n) is 39.4. The first-order chi connectivity index (χ1) is 51.2. The average Bonchev–Trinajstić information content (AvgIpc) is 0.923. The normalized spacial score (nSPS) is 15.1. The quantitative estimate of drug-likeness (QED) is 0.0146. The molecule has 5 atom stereocenters. The number of hydrogen-bond acceptors (Lipinski definition) is 14. The van der Waals surface area contributed by atoms with Crippen LogP contribution in [-0.2, 0) is 55.8 Å². The Morgan fingerprint density at radius 1 is 0.267 bits per heavy atom. The van der Waals surface area contributed by atoms with Crippen molar-refractivity contribution in [2.24, 2.45) is 0 Å². The molecule has 592 valence electrons. The van der Waals surface area contributed by atoms with Crippen LogP contribution >= 0.6 is 15.6 Å². The molecule has 0 amide bonds. The van der Waals surface area contributed by atoms with Gasteiger partial charge >= 0.3 is 33.6 Å². The van der Waals surface area contributed by atoms with Crippen LogP contribution in [0.3, 0.4) is 0 Å². The molecule has 0 spiro atoms. The number of esters is 3. The number of hydrogen-bond donors (Lipinski definition) is 4. The highest BCUT2D eigenvalue weighted by Crippen LogP contribution is 2.45. The molecule has 0 fully saturated rings. The van der Waals surface area contributed by atoms with Gasteiger partial charge in [0.1, 0.15) is 25.4 Å². The number of aliphatic hydroxyl groups is 2. The zero-order valence-corrected chi connectivity index (χ0v) is 66.3. The van der Waals surface area contributed by atoms with Gasteiger partial charge in [-0.3, -0.25) is 32.5 Å². The van der Waals surface area contributed by atoms with Crippen molar-refractivity contribution in [1.82, 2.24) is 0 Å². The van der Waals surface area contributed by atoms with E-state index in [2.05, 4.69) is 227 Å². The van der Waals surface area contributed by atoms with Crippen molar-refractivity contribution < 1.29 is 75.8 Å². The summed E-state index contributed by atoms with van der Waals surface area (Å²) >= 11 is 0.